The molecule has 0 radical (unpaired) electrons. The maximum absolute atomic E-state index is 12.8. The topological polar surface area (TPSA) is 86.4 Å². The average Bonchev–Trinajstić information content (AvgIpc) is 3.38. The lowest BCUT2D eigenvalue weighted by Gasteiger charge is -2.35. The summed E-state index contributed by atoms with van der Waals surface area (Å²) in [5, 5.41) is 9.93. The van der Waals surface area contributed by atoms with E-state index in [1.54, 1.807) is 30.5 Å². The molecule has 196 valence electrons. The number of hydrogen-bond donors (Lipinski definition) is 2. The molecule has 1 amide bonds. The highest BCUT2D eigenvalue weighted by atomic mass is 19.4. The molecule has 0 saturated carbocycles. The SMILES string of the molecule is O=C(Nc1ccccc1)Oc1ccc(-c2[nH]ncc2CN2CCN(c3ccc(C(F)(F)F)cn3)CC2)cc1. The molecule has 2 N–H and O–H groups in total. The number of benzene rings is 2. The fraction of sp³-hybridized carbons (Fsp3) is 0.222. The predicted molar refractivity (Wildman–Crippen MR) is 137 cm³/mol. The number of ether oxygens (including phenoxy) is 1. The zero-order valence-electron chi connectivity index (χ0n) is 20.3. The van der Waals surface area contributed by atoms with Gasteiger partial charge in [0.2, 0.25) is 0 Å². The second-order valence-corrected chi connectivity index (χ2v) is 8.84. The number of hydrogen-bond acceptors (Lipinski definition) is 6. The molecule has 4 aromatic rings. The van der Waals surface area contributed by atoms with Gasteiger partial charge in [0.05, 0.1) is 17.5 Å². The zero-order valence-corrected chi connectivity index (χ0v) is 20.3. The lowest BCUT2D eigenvalue weighted by Crippen LogP contribution is -2.46. The van der Waals surface area contributed by atoms with Crippen LogP contribution in [0, 0.1) is 0 Å². The molecule has 1 fully saturated rings. The third-order valence-electron chi connectivity index (χ3n) is 6.26. The van der Waals surface area contributed by atoms with E-state index in [1.807, 2.05) is 35.2 Å². The van der Waals surface area contributed by atoms with Gasteiger partial charge in [-0.3, -0.25) is 15.3 Å². The monoisotopic (exact) mass is 522 g/mol. The minimum Gasteiger partial charge on any atom is -0.410 e. The van der Waals surface area contributed by atoms with E-state index in [2.05, 4.69) is 25.4 Å². The molecule has 0 bridgehead atoms. The van der Waals surface area contributed by atoms with Crippen molar-refractivity contribution in [1.82, 2.24) is 20.1 Å². The normalized spacial score (nSPS) is 14.3. The molecule has 2 aromatic carbocycles. The summed E-state index contributed by atoms with van der Waals surface area (Å²) in [5.41, 5.74) is 2.69. The Labute approximate surface area is 217 Å². The number of anilines is 2. The Kier molecular flexibility index (Phi) is 7.27. The Morgan fingerprint density at radius 3 is 2.34 bits per heavy atom. The van der Waals surface area contributed by atoms with Crippen LogP contribution in [-0.2, 0) is 12.7 Å². The van der Waals surface area contributed by atoms with Gasteiger partial charge in [-0.2, -0.15) is 18.3 Å². The highest BCUT2D eigenvalue weighted by Gasteiger charge is 2.31. The smallest absolute Gasteiger partial charge is 0.410 e. The molecule has 0 unspecified atom stereocenters. The van der Waals surface area contributed by atoms with Gasteiger partial charge in [-0.25, -0.2) is 9.78 Å². The Balaban J connectivity index is 1.15. The van der Waals surface area contributed by atoms with E-state index >= 15 is 0 Å². The van der Waals surface area contributed by atoms with Crippen LogP contribution in [0.4, 0.5) is 29.5 Å². The molecular weight excluding hydrogens is 497 g/mol. The number of H-pyrrole nitrogens is 1. The van der Waals surface area contributed by atoms with E-state index < -0.39 is 17.8 Å². The molecular formula is C27H25F3N6O2. The molecule has 1 aliphatic rings. The standard InChI is InChI=1S/C27H25F3N6O2/c28-27(29,30)21-8-11-24(31-17-21)36-14-12-35(13-15-36)18-20-16-32-34-25(20)19-6-9-23(10-7-19)38-26(37)33-22-4-2-1-3-5-22/h1-11,16-17H,12-15,18H2,(H,32,34)(H,33,37). The second-order valence-electron chi connectivity index (χ2n) is 8.84. The second kappa shape index (κ2) is 10.9. The number of piperazine rings is 1. The number of amides is 1. The fourth-order valence-corrected chi connectivity index (χ4v) is 4.26. The van der Waals surface area contributed by atoms with Gasteiger partial charge in [0.25, 0.3) is 0 Å². The number of halogens is 3. The van der Waals surface area contributed by atoms with Gasteiger partial charge in [-0.1, -0.05) is 18.2 Å². The summed E-state index contributed by atoms with van der Waals surface area (Å²) in [6, 6.07) is 18.7. The molecule has 3 heterocycles. The number of alkyl halides is 3. The van der Waals surface area contributed by atoms with Crippen LogP contribution < -0.4 is 15.0 Å². The first kappa shape index (κ1) is 25.3. The van der Waals surface area contributed by atoms with Gasteiger partial charge in [-0.15, -0.1) is 0 Å². The van der Waals surface area contributed by atoms with Crippen LogP contribution >= 0.6 is 0 Å². The van der Waals surface area contributed by atoms with Gasteiger partial charge in [0.15, 0.2) is 0 Å². The number of nitrogens with one attached hydrogen (secondary N) is 2. The van der Waals surface area contributed by atoms with Gasteiger partial charge in [-0.05, 0) is 48.5 Å². The van der Waals surface area contributed by atoms with E-state index in [9.17, 15) is 18.0 Å². The molecule has 8 nitrogen and oxygen atoms in total. The maximum Gasteiger partial charge on any atom is 0.417 e. The zero-order chi connectivity index (χ0) is 26.5. The summed E-state index contributed by atoms with van der Waals surface area (Å²) < 4.78 is 43.8. The van der Waals surface area contributed by atoms with Gasteiger partial charge >= 0.3 is 12.3 Å². The number of aromatic nitrogens is 3. The molecule has 11 heteroatoms. The van der Waals surface area contributed by atoms with Crippen molar-refractivity contribution in [3.63, 3.8) is 0 Å². The Bertz CT molecular complexity index is 1350. The average molecular weight is 523 g/mol. The molecule has 0 atom stereocenters. The lowest BCUT2D eigenvalue weighted by atomic mass is 10.1. The van der Waals surface area contributed by atoms with Crippen LogP contribution in [0.2, 0.25) is 0 Å². The van der Waals surface area contributed by atoms with Crippen molar-refractivity contribution < 1.29 is 22.7 Å². The first-order valence-electron chi connectivity index (χ1n) is 12.0. The molecule has 2 aromatic heterocycles. The van der Waals surface area contributed by atoms with Crippen LogP contribution in [-0.4, -0.2) is 52.4 Å². The van der Waals surface area contributed by atoms with Crippen molar-refractivity contribution in [2.45, 2.75) is 12.7 Å². The molecule has 38 heavy (non-hydrogen) atoms. The Hall–Kier alpha value is -4.38. The van der Waals surface area contributed by atoms with Gasteiger partial charge in [0.1, 0.15) is 11.6 Å². The number of carbonyl (C=O) groups excluding carboxylic acids is 1. The summed E-state index contributed by atoms with van der Waals surface area (Å²) in [4.78, 5) is 20.4. The van der Waals surface area contributed by atoms with Crippen LogP contribution in [0.5, 0.6) is 5.75 Å². The maximum atomic E-state index is 12.8. The third kappa shape index (κ3) is 6.12. The Morgan fingerprint density at radius 1 is 0.947 bits per heavy atom. The minimum atomic E-state index is -4.39. The lowest BCUT2D eigenvalue weighted by molar-refractivity contribution is -0.137. The van der Waals surface area contributed by atoms with Gasteiger partial charge in [0, 0.05) is 55.7 Å². The molecule has 5 rings (SSSR count). The van der Waals surface area contributed by atoms with Crippen LogP contribution in [0.3, 0.4) is 0 Å². The summed E-state index contributed by atoms with van der Waals surface area (Å²) in [5.74, 6) is 0.956. The van der Waals surface area contributed by atoms with Crippen LogP contribution in [0.25, 0.3) is 11.3 Å². The summed E-state index contributed by atoms with van der Waals surface area (Å²) in [6.07, 6.45) is -2.30. The van der Waals surface area contributed by atoms with E-state index in [0.717, 1.165) is 42.2 Å². The first-order valence-corrected chi connectivity index (χ1v) is 12.0. The van der Waals surface area contributed by atoms with Crippen molar-refractivity contribution in [2.75, 3.05) is 36.4 Å². The van der Waals surface area contributed by atoms with E-state index in [1.165, 1.54) is 6.07 Å². The highest BCUT2D eigenvalue weighted by molar-refractivity contribution is 5.86. The predicted octanol–water partition coefficient (Wildman–Crippen LogP) is 5.42. The largest absolute Gasteiger partial charge is 0.417 e. The van der Waals surface area contributed by atoms with Crippen molar-refractivity contribution in [1.29, 1.82) is 0 Å². The van der Waals surface area contributed by atoms with Crippen molar-refractivity contribution in [3.05, 3.63) is 90.3 Å². The van der Waals surface area contributed by atoms with Crippen molar-refractivity contribution in [2.24, 2.45) is 0 Å². The van der Waals surface area contributed by atoms with Crippen LogP contribution in [0.15, 0.2) is 79.1 Å². The molecule has 0 aliphatic carbocycles. The number of carbonyl (C=O) groups is 1. The number of aromatic amines is 1. The van der Waals surface area contributed by atoms with Crippen molar-refractivity contribution >= 4 is 17.6 Å². The summed E-state index contributed by atoms with van der Waals surface area (Å²) in [6.45, 7) is 3.44. The number of para-hydroxylation sites is 1. The van der Waals surface area contributed by atoms with Crippen LogP contribution in [0.1, 0.15) is 11.1 Å². The Morgan fingerprint density at radius 2 is 1.68 bits per heavy atom. The number of pyridine rings is 1. The highest BCUT2D eigenvalue weighted by Crippen LogP contribution is 2.30. The third-order valence-corrected chi connectivity index (χ3v) is 6.26. The number of nitrogens with zero attached hydrogens (tertiary/aromatic N) is 4. The summed E-state index contributed by atoms with van der Waals surface area (Å²) >= 11 is 0. The summed E-state index contributed by atoms with van der Waals surface area (Å²) in [7, 11) is 0. The van der Waals surface area contributed by atoms with E-state index in [4.69, 9.17) is 4.74 Å². The van der Waals surface area contributed by atoms with E-state index in [-0.39, 0.29) is 0 Å². The first-order chi connectivity index (χ1) is 18.3. The van der Waals surface area contributed by atoms with Crippen molar-refractivity contribution in [3.8, 4) is 17.0 Å². The van der Waals surface area contributed by atoms with Gasteiger partial charge < -0.3 is 9.64 Å². The molecule has 0 spiro atoms. The fourth-order valence-electron chi connectivity index (χ4n) is 4.26. The minimum absolute atomic E-state index is 0.413. The van der Waals surface area contributed by atoms with E-state index in [0.29, 0.717) is 36.9 Å². The quantitative estimate of drug-likeness (QED) is 0.352. The number of rotatable bonds is 6. The molecule has 1 saturated heterocycles. The molecule has 1 aliphatic heterocycles.